The van der Waals surface area contributed by atoms with Crippen molar-refractivity contribution < 1.29 is 19.5 Å². The van der Waals surface area contributed by atoms with Gasteiger partial charge >= 0.3 is 5.69 Å². The van der Waals surface area contributed by atoms with Gasteiger partial charge in [0.1, 0.15) is 12.2 Å². The van der Waals surface area contributed by atoms with E-state index < -0.39 is 35.1 Å². The molecule has 2 N–H and O–H groups in total. The molecule has 2 fully saturated rings. The lowest BCUT2D eigenvalue weighted by Crippen LogP contribution is -2.35. The number of hydrogen-bond donors (Lipinski definition) is 2. The minimum Gasteiger partial charge on any atom is -0.390 e. The highest BCUT2D eigenvalue weighted by Crippen LogP contribution is 2.41. The molecule has 1 saturated heterocycles. The summed E-state index contributed by atoms with van der Waals surface area (Å²) in [5.74, 6) is -0.0284. The van der Waals surface area contributed by atoms with Crippen molar-refractivity contribution in [2.75, 3.05) is 11.1 Å². The fourth-order valence-electron chi connectivity index (χ4n) is 3.20. The molecular formula is C15H21ClN4O5S. The Hall–Kier alpha value is -1.20. The van der Waals surface area contributed by atoms with E-state index in [4.69, 9.17) is 21.1 Å². The van der Waals surface area contributed by atoms with Crippen LogP contribution < -0.4 is 5.32 Å². The van der Waals surface area contributed by atoms with E-state index in [1.807, 2.05) is 6.92 Å². The summed E-state index contributed by atoms with van der Waals surface area (Å²) in [6.45, 7) is 5.54. The Bertz CT molecular complexity index is 707. The fraction of sp³-hybridized carbons (Fsp3) is 0.733. The summed E-state index contributed by atoms with van der Waals surface area (Å²) in [6, 6.07) is -0.398. The van der Waals surface area contributed by atoms with E-state index in [9.17, 15) is 15.2 Å². The van der Waals surface area contributed by atoms with Gasteiger partial charge in [-0.3, -0.25) is 10.1 Å². The summed E-state index contributed by atoms with van der Waals surface area (Å²) in [4.78, 5) is 19.1. The minimum atomic E-state index is -0.825. The second-order valence-corrected chi connectivity index (χ2v) is 8.14. The molecule has 0 amide bonds. The maximum absolute atomic E-state index is 11.4. The number of anilines is 1. The van der Waals surface area contributed by atoms with Gasteiger partial charge in [-0.05, 0) is 26.7 Å². The molecule has 2 aliphatic rings. The summed E-state index contributed by atoms with van der Waals surface area (Å²) < 4.78 is 11.6. The van der Waals surface area contributed by atoms with E-state index in [0.717, 1.165) is 12.2 Å². The Kier molecular flexibility index (Phi) is 5.59. The number of aliphatic hydroxyl groups excluding tert-OH is 1. The molecule has 4 unspecified atom stereocenters. The number of nitrogens with zero attached hydrogens (tertiary/aromatic N) is 3. The highest BCUT2D eigenvalue weighted by molar-refractivity contribution is 7.99. The zero-order valence-corrected chi connectivity index (χ0v) is 16.2. The lowest BCUT2D eigenvalue weighted by Gasteiger charge is -2.23. The maximum atomic E-state index is 11.4. The molecule has 1 aromatic heterocycles. The van der Waals surface area contributed by atoms with Crippen molar-refractivity contribution in [2.45, 2.75) is 68.9 Å². The van der Waals surface area contributed by atoms with Gasteiger partial charge in [0.25, 0.3) is 0 Å². The predicted molar refractivity (Wildman–Crippen MR) is 96.6 cm³/mol. The molecule has 144 valence electrons. The van der Waals surface area contributed by atoms with Gasteiger partial charge in [-0.1, -0.05) is 30.3 Å². The molecule has 1 aliphatic carbocycles. The minimum absolute atomic E-state index is 0.0276. The first-order chi connectivity index (χ1) is 12.2. The molecule has 1 aliphatic heterocycles. The molecule has 1 saturated carbocycles. The molecule has 4 atom stereocenters. The van der Waals surface area contributed by atoms with Crippen LogP contribution >= 0.6 is 23.4 Å². The first-order valence-electron chi connectivity index (χ1n) is 8.37. The van der Waals surface area contributed by atoms with Crippen LogP contribution in [0.3, 0.4) is 0 Å². The second kappa shape index (κ2) is 7.43. The van der Waals surface area contributed by atoms with E-state index in [1.54, 1.807) is 13.8 Å². The van der Waals surface area contributed by atoms with Crippen LogP contribution in [0.2, 0.25) is 5.15 Å². The van der Waals surface area contributed by atoms with E-state index in [0.29, 0.717) is 11.6 Å². The number of nitrogens with one attached hydrogen (secondary N) is 1. The van der Waals surface area contributed by atoms with Crippen LogP contribution in [-0.2, 0) is 9.47 Å². The predicted octanol–water partition coefficient (Wildman–Crippen LogP) is 2.61. The van der Waals surface area contributed by atoms with Gasteiger partial charge in [-0.25, -0.2) is 4.98 Å². The number of thioether (sulfide) groups is 1. The lowest BCUT2D eigenvalue weighted by atomic mass is 10.2. The summed E-state index contributed by atoms with van der Waals surface area (Å²) in [6.07, 6.45) is -0.441. The third kappa shape index (κ3) is 3.89. The number of aliphatic hydroxyl groups is 1. The zero-order valence-electron chi connectivity index (χ0n) is 14.6. The molecule has 0 aromatic carbocycles. The fourth-order valence-corrected chi connectivity index (χ4v) is 4.19. The summed E-state index contributed by atoms with van der Waals surface area (Å²) in [5, 5.41) is 24.8. The molecule has 11 heteroatoms. The van der Waals surface area contributed by atoms with E-state index in [2.05, 4.69) is 15.3 Å². The Morgan fingerprint density at radius 1 is 1.42 bits per heavy atom. The molecular weight excluding hydrogens is 384 g/mol. The second-order valence-electron chi connectivity index (χ2n) is 6.72. The Balaban J connectivity index is 1.88. The number of rotatable bonds is 6. The van der Waals surface area contributed by atoms with Crippen molar-refractivity contribution in [3.8, 4) is 0 Å². The third-order valence-corrected chi connectivity index (χ3v) is 5.51. The van der Waals surface area contributed by atoms with Gasteiger partial charge in [0.2, 0.25) is 11.0 Å². The number of ether oxygens (including phenoxy) is 2. The molecule has 9 nitrogen and oxygen atoms in total. The van der Waals surface area contributed by atoms with Crippen LogP contribution in [0.1, 0.15) is 33.6 Å². The van der Waals surface area contributed by atoms with Crippen molar-refractivity contribution in [3.05, 3.63) is 15.3 Å². The quantitative estimate of drug-likeness (QED) is 0.242. The van der Waals surface area contributed by atoms with Crippen molar-refractivity contribution in [2.24, 2.45) is 0 Å². The zero-order chi connectivity index (χ0) is 19.1. The van der Waals surface area contributed by atoms with Crippen molar-refractivity contribution in [3.63, 3.8) is 0 Å². The largest absolute Gasteiger partial charge is 0.390 e. The molecule has 0 bridgehead atoms. The van der Waals surface area contributed by atoms with Gasteiger partial charge in [-0.2, -0.15) is 4.98 Å². The highest BCUT2D eigenvalue weighted by Gasteiger charge is 2.54. The molecule has 0 spiro atoms. The van der Waals surface area contributed by atoms with Crippen molar-refractivity contribution >= 4 is 34.9 Å². The number of halogens is 1. The summed E-state index contributed by atoms with van der Waals surface area (Å²) >= 11 is 7.40. The number of aromatic nitrogens is 2. The van der Waals surface area contributed by atoms with Gasteiger partial charge in [-0.15, -0.1) is 0 Å². The van der Waals surface area contributed by atoms with Gasteiger partial charge in [0.15, 0.2) is 10.9 Å². The molecule has 26 heavy (non-hydrogen) atoms. The number of hydrogen-bond acceptors (Lipinski definition) is 9. The van der Waals surface area contributed by atoms with E-state index in [1.165, 1.54) is 11.8 Å². The van der Waals surface area contributed by atoms with E-state index >= 15 is 0 Å². The van der Waals surface area contributed by atoms with Gasteiger partial charge in [0, 0.05) is 5.75 Å². The molecule has 0 radical (unpaired) electrons. The number of nitro groups is 1. The SMILES string of the molecule is CCCSc1nc(Cl)c([N+](=O)[O-])c(NC2CC(O)C3OC(C)(C)OC23)n1. The highest BCUT2D eigenvalue weighted by atomic mass is 35.5. The van der Waals surface area contributed by atoms with Crippen LogP contribution in [0, 0.1) is 10.1 Å². The molecule has 2 heterocycles. The first-order valence-corrected chi connectivity index (χ1v) is 9.73. The molecule has 1 aromatic rings. The lowest BCUT2D eigenvalue weighted by molar-refractivity contribution is -0.384. The Labute approximate surface area is 160 Å². The topological polar surface area (TPSA) is 120 Å². The van der Waals surface area contributed by atoms with Crippen molar-refractivity contribution in [1.82, 2.24) is 9.97 Å². The third-order valence-electron chi connectivity index (χ3n) is 4.20. The Morgan fingerprint density at radius 3 is 2.77 bits per heavy atom. The Morgan fingerprint density at radius 2 is 2.12 bits per heavy atom. The van der Waals surface area contributed by atoms with Gasteiger partial charge < -0.3 is 19.9 Å². The van der Waals surface area contributed by atoms with Crippen LogP contribution in [0.4, 0.5) is 11.5 Å². The van der Waals surface area contributed by atoms with Gasteiger partial charge in [0.05, 0.1) is 17.1 Å². The van der Waals surface area contributed by atoms with Crippen LogP contribution in [0.25, 0.3) is 0 Å². The monoisotopic (exact) mass is 404 g/mol. The van der Waals surface area contributed by atoms with Crippen LogP contribution in [-0.4, -0.2) is 55.9 Å². The normalized spacial score (nSPS) is 29.6. The standard InChI is InChI=1S/C15H21ClN4O5S/c1-4-5-26-14-18-12(16)9(20(22)23)13(19-14)17-7-6-8(21)11-10(7)24-15(2,3)25-11/h7-8,10-11,21H,4-6H2,1-3H3,(H,17,18,19). The summed E-state index contributed by atoms with van der Waals surface area (Å²) in [7, 11) is 0. The average Bonchev–Trinajstić information content (AvgIpc) is 2.99. The average molecular weight is 405 g/mol. The summed E-state index contributed by atoms with van der Waals surface area (Å²) in [5.41, 5.74) is -0.386. The smallest absolute Gasteiger partial charge is 0.348 e. The first kappa shape index (κ1) is 19.6. The van der Waals surface area contributed by atoms with E-state index in [-0.39, 0.29) is 16.7 Å². The maximum Gasteiger partial charge on any atom is 0.348 e. The van der Waals surface area contributed by atoms with Crippen molar-refractivity contribution in [1.29, 1.82) is 0 Å². The van der Waals surface area contributed by atoms with Crippen LogP contribution in [0.15, 0.2) is 5.16 Å². The number of fused-ring (bicyclic) bond motifs is 1. The molecule has 3 rings (SSSR count). The van der Waals surface area contributed by atoms with Crippen LogP contribution in [0.5, 0.6) is 0 Å².